The molecule has 1 aromatic rings. The number of thioether (sulfide) groups is 1. The summed E-state index contributed by atoms with van der Waals surface area (Å²) in [5, 5.41) is 3.07. The number of amides is 1. The molecule has 4 heteroatoms. The molecule has 1 saturated heterocycles. The van der Waals surface area contributed by atoms with E-state index >= 15 is 0 Å². The molecule has 0 radical (unpaired) electrons. The van der Waals surface area contributed by atoms with Gasteiger partial charge in [-0.05, 0) is 43.2 Å². The second-order valence-electron chi connectivity index (χ2n) is 4.07. The quantitative estimate of drug-likeness (QED) is 0.775. The van der Waals surface area contributed by atoms with Crippen molar-refractivity contribution in [1.82, 2.24) is 0 Å². The minimum absolute atomic E-state index is 0.108. The van der Waals surface area contributed by atoms with E-state index in [9.17, 15) is 4.79 Å². The van der Waals surface area contributed by atoms with Gasteiger partial charge in [-0.15, -0.1) is 11.8 Å². The maximum absolute atomic E-state index is 11.9. The van der Waals surface area contributed by atoms with Gasteiger partial charge < -0.3 is 11.1 Å². The monoisotopic (exact) mass is 236 g/mol. The van der Waals surface area contributed by atoms with Crippen LogP contribution in [0, 0.1) is 6.92 Å². The van der Waals surface area contributed by atoms with Gasteiger partial charge in [0.25, 0.3) is 0 Å². The summed E-state index contributed by atoms with van der Waals surface area (Å²) < 4.78 is 0. The van der Waals surface area contributed by atoms with Crippen LogP contribution in [-0.2, 0) is 4.79 Å². The van der Waals surface area contributed by atoms with Crippen molar-refractivity contribution in [2.45, 2.75) is 25.0 Å². The van der Waals surface area contributed by atoms with E-state index in [-0.39, 0.29) is 11.2 Å². The molecule has 0 aromatic heterocycles. The Morgan fingerprint density at radius 3 is 3.06 bits per heavy atom. The summed E-state index contributed by atoms with van der Waals surface area (Å²) in [6.45, 7) is 1.97. The first-order chi connectivity index (χ1) is 7.66. The molecule has 0 spiro atoms. The van der Waals surface area contributed by atoms with Crippen LogP contribution in [0.25, 0.3) is 0 Å². The normalized spacial score (nSPS) is 19.7. The molecule has 1 heterocycles. The highest BCUT2D eigenvalue weighted by Gasteiger charge is 2.23. The molecule has 1 aromatic carbocycles. The zero-order valence-corrected chi connectivity index (χ0v) is 10.1. The van der Waals surface area contributed by atoms with Crippen molar-refractivity contribution in [1.29, 1.82) is 0 Å². The van der Waals surface area contributed by atoms with Crippen LogP contribution < -0.4 is 11.1 Å². The Morgan fingerprint density at radius 1 is 1.56 bits per heavy atom. The van der Waals surface area contributed by atoms with Crippen LogP contribution in [0.2, 0.25) is 0 Å². The lowest BCUT2D eigenvalue weighted by atomic mass is 10.1. The van der Waals surface area contributed by atoms with Crippen molar-refractivity contribution >= 4 is 29.0 Å². The van der Waals surface area contributed by atoms with E-state index in [1.807, 2.05) is 25.1 Å². The molecule has 86 valence electrons. The van der Waals surface area contributed by atoms with E-state index in [0.717, 1.165) is 29.8 Å². The summed E-state index contributed by atoms with van der Waals surface area (Å²) in [7, 11) is 0. The van der Waals surface area contributed by atoms with Gasteiger partial charge in [0.2, 0.25) is 5.91 Å². The van der Waals surface area contributed by atoms with E-state index < -0.39 is 0 Å². The molecule has 1 aliphatic heterocycles. The predicted molar refractivity (Wildman–Crippen MR) is 69.7 cm³/mol. The fraction of sp³-hybridized carbons (Fsp3) is 0.417. The molecule has 1 fully saturated rings. The van der Waals surface area contributed by atoms with Crippen LogP contribution in [0.3, 0.4) is 0 Å². The number of anilines is 2. The number of carbonyl (C=O) groups excluding carboxylic acids is 1. The molecular weight excluding hydrogens is 220 g/mol. The van der Waals surface area contributed by atoms with E-state index in [1.165, 1.54) is 0 Å². The van der Waals surface area contributed by atoms with Gasteiger partial charge in [-0.25, -0.2) is 0 Å². The van der Waals surface area contributed by atoms with Crippen LogP contribution in [0.5, 0.6) is 0 Å². The van der Waals surface area contributed by atoms with Gasteiger partial charge in [-0.1, -0.05) is 6.07 Å². The number of carbonyl (C=O) groups is 1. The number of aryl methyl sites for hydroxylation is 1. The van der Waals surface area contributed by atoms with Crippen LogP contribution in [0.1, 0.15) is 18.4 Å². The molecule has 3 N–H and O–H groups in total. The second-order valence-corrected chi connectivity index (χ2v) is 5.38. The van der Waals surface area contributed by atoms with Gasteiger partial charge in [0.15, 0.2) is 0 Å². The van der Waals surface area contributed by atoms with Crippen LogP contribution >= 0.6 is 11.8 Å². The number of hydrogen-bond acceptors (Lipinski definition) is 3. The van der Waals surface area contributed by atoms with Crippen molar-refractivity contribution in [2.75, 3.05) is 16.8 Å². The second kappa shape index (κ2) is 4.78. The molecule has 1 unspecified atom stereocenters. The third-order valence-corrected chi connectivity index (χ3v) is 4.12. The Hall–Kier alpha value is -1.16. The van der Waals surface area contributed by atoms with Crippen LogP contribution in [0.4, 0.5) is 11.4 Å². The summed E-state index contributed by atoms with van der Waals surface area (Å²) in [5.41, 5.74) is 8.26. The smallest absolute Gasteiger partial charge is 0.237 e. The third kappa shape index (κ3) is 2.50. The highest BCUT2D eigenvalue weighted by Crippen LogP contribution is 2.28. The lowest BCUT2D eigenvalue weighted by Crippen LogP contribution is -2.23. The van der Waals surface area contributed by atoms with E-state index in [0.29, 0.717) is 5.69 Å². The first kappa shape index (κ1) is 11.3. The molecular formula is C12H16N2OS. The number of rotatable bonds is 2. The van der Waals surface area contributed by atoms with Gasteiger partial charge in [0.05, 0.1) is 5.25 Å². The predicted octanol–water partition coefficient (Wildman–Crippen LogP) is 2.41. The first-order valence-corrected chi connectivity index (χ1v) is 6.50. The van der Waals surface area contributed by atoms with Crippen molar-refractivity contribution in [3.8, 4) is 0 Å². The van der Waals surface area contributed by atoms with E-state index in [4.69, 9.17) is 5.73 Å². The molecule has 0 saturated carbocycles. The highest BCUT2D eigenvalue weighted by atomic mass is 32.2. The zero-order chi connectivity index (χ0) is 11.5. The highest BCUT2D eigenvalue weighted by molar-refractivity contribution is 8.00. The number of nitrogen functional groups attached to an aromatic ring is 1. The Balaban J connectivity index is 2.07. The Morgan fingerprint density at radius 2 is 2.38 bits per heavy atom. The topological polar surface area (TPSA) is 55.1 Å². The lowest BCUT2D eigenvalue weighted by molar-refractivity contribution is -0.115. The lowest BCUT2D eigenvalue weighted by Gasteiger charge is -2.12. The summed E-state index contributed by atoms with van der Waals surface area (Å²) in [4.78, 5) is 11.9. The number of benzene rings is 1. The molecule has 0 aliphatic carbocycles. The third-order valence-electron chi connectivity index (χ3n) is 2.74. The Labute approximate surface area is 99.8 Å². The fourth-order valence-corrected chi connectivity index (χ4v) is 2.93. The van der Waals surface area contributed by atoms with Crippen LogP contribution in [-0.4, -0.2) is 16.9 Å². The molecule has 1 aliphatic rings. The van der Waals surface area contributed by atoms with E-state index in [1.54, 1.807) is 11.8 Å². The largest absolute Gasteiger partial charge is 0.399 e. The van der Waals surface area contributed by atoms with Gasteiger partial charge in [-0.2, -0.15) is 0 Å². The fourth-order valence-electron chi connectivity index (χ4n) is 1.77. The Kier molecular flexibility index (Phi) is 3.39. The molecule has 16 heavy (non-hydrogen) atoms. The summed E-state index contributed by atoms with van der Waals surface area (Å²) in [6.07, 6.45) is 2.12. The zero-order valence-electron chi connectivity index (χ0n) is 9.32. The van der Waals surface area contributed by atoms with Crippen molar-refractivity contribution in [3.05, 3.63) is 23.8 Å². The van der Waals surface area contributed by atoms with E-state index in [2.05, 4.69) is 5.32 Å². The summed E-state index contributed by atoms with van der Waals surface area (Å²) >= 11 is 1.74. The molecule has 1 atom stereocenters. The maximum Gasteiger partial charge on any atom is 0.237 e. The maximum atomic E-state index is 11.9. The number of nitrogens with one attached hydrogen (secondary N) is 1. The number of nitrogens with two attached hydrogens (primary N) is 1. The summed E-state index contributed by atoms with van der Waals surface area (Å²) in [6, 6.07) is 5.58. The van der Waals surface area contributed by atoms with Gasteiger partial charge in [0.1, 0.15) is 0 Å². The van der Waals surface area contributed by atoms with Crippen molar-refractivity contribution in [3.63, 3.8) is 0 Å². The molecule has 3 nitrogen and oxygen atoms in total. The van der Waals surface area contributed by atoms with Gasteiger partial charge in [0, 0.05) is 11.4 Å². The SMILES string of the molecule is Cc1ccc(N)cc1NC(=O)C1CCCS1. The summed E-state index contributed by atoms with van der Waals surface area (Å²) in [5.74, 6) is 1.20. The van der Waals surface area contributed by atoms with Crippen molar-refractivity contribution in [2.24, 2.45) is 0 Å². The molecule has 1 amide bonds. The van der Waals surface area contributed by atoms with Gasteiger partial charge in [-0.3, -0.25) is 4.79 Å². The minimum atomic E-state index is 0.108. The molecule has 0 bridgehead atoms. The average Bonchev–Trinajstić information content (AvgIpc) is 2.76. The standard InChI is InChI=1S/C12H16N2OS/c1-8-4-5-9(13)7-10(8)14-12(15)11-3-2-6-16-11/h4-5,7,11H,2-3,6,13H2,1H3,(H,14,15). The first-order valence-electron chi connectivity index (χ1n) is 5.45. The van der Waals surface area contributed by atoms with Gasteiger partial charge >= 0.3 is 0 Å². The number of hydrogen-bond donors (Lipinski definition) is 2. The molecule has 2 rings (SSSR count). The van der Waals surface area contributed by atoms with Crippen molar-refractivity contribution < 1.29 is 4.79 Å². The van der Waals surface area contributed by atoms with Crippen LogP contribution in [0.15, 0.2) is 18.2 Å². The Bertz CT molecular complexity index is 400. The average molecular weight is 236 g/mol. The minimum Gasteiger partial charge on any atom is -0.399 e.